The van der Waals surface area contributed by atoms with Crippen LogP contribution in [0.25, 0.3) is 0 Å². The maximum absolute atomic E-state index is 11.6. The molecule has 0 saturated carbocycles. The topological polar surface area (TPSA) is 109 Å². The SMILES string of the molecule is NC(=[NH2+])SCC(=O)N1CCC(C(=O)O)CC1. The molecule has 0 spiro atoms. The molecule has 90 valence electrons. The maximum Gasteiger partial charge on any atom is 0.306 e. The average molecular weight is 246 g/mol. The minimum atomic E-state index is -0.777. The van der Waals surface area contributed by atoms with Crippen molar-refractivity contribution in [3.8, 4) is 0 Å². The van der Waals surface area contributed by atoms with Gasteiger partial charge in [-0.15, -0.1) is 0 Å². The monoisotopic (exact) mass is 246 g/mol. The molecule has 1 heterocycles. The number of carbonyl (C=O) groups excluding carboxylic acids is 1. The molecule has 1 fully saturated rings. The number of amides is 1. The van der Waals surface area contributed by atoms with E-state index in [9.17, 15) is 9.59 Å². The summed E-state index contributed by atoms with van der Waals surface area (Å²) in [6.45, 7) is 1.00. The zero-order valence-corrected chi connectivity index (χ0v) is 9.70. The molecule has 5 N–H and O–H groups in total. The standard InChI is InChI=1S/C9H15N3O3S/c10-9(11)16-5-7(13)12-3-1-6(2-4-12)8(14)15/h6H,1-5H2,(H3,10,11)(H,14,15)/p+1. The van der Waals surface area contributed by atoms with Crippen LogP contribution in [0.4, 0.5) is 0 Å². The van der Waals surface area contributed by atoms with E-state index in [1.54, 1.807) is 4.90 Å². The van der Waals surface area contributed by atoms with Gasteiger partial charge in [-0.1, -0.05) is 0 Å². The van der Waals surface area contributed by atoms with Crippen molar-refractivity contribution in [1.82, 2.24) is 4.90 Å². The van der Waals surface area contributed by atoms with Gasteiger partial charge in [-0.3, -0.25) is 20.7 Å². The first kappa shape index (κ1) is 12.8. The zero-order chi connectivity index (χ0) is 12.1. The third-order valence-electron chi connectivity index (χ3n) is 2.56. The summed E-state index contributed by atoms with van der Waals surface area (Å²) in [5.74, 6) is -0.911. The largest absolute Gasteiger partial charge is 0.481 e. The van der Waals surface area contributed by atoms with Crippen LogP contribution in [0.1, 0.15) is 12.8 Å². The van der Waals surface area contributed by atoms with Gasteiger partial charge in [-0.25, -0.2) is 0 Å². The first-order chi connectivity index (χ1) is 7.50. The minimum Gasteiger partial charge on any atom is -0.481 e. The van der Waals surface area contributed by atoms with Crippen LogP contribution in [0.2, 0.25) is 0 Å². The van der Waals surface area contributed by atoms with E-state index in [1.165, 1.54) is 0 Å². The van der Waals surface area contributed by atoms with Crippen LogP contribution in [0.5, 0.6) is 0 Å². The smallest absolute Gasteiger partial charge is 0.306 e. The second-order valence-corrected chi connectivity index (χ2v) is 4.73. The van der Waals surface area contributed by atoms with Crippen molar-refractivity contribution in [3.63, 3.8) is 0 Å². The number of aliphatic carboxylic acids is 1. The normalized spacial score (nSPS) is 17.1. The number of hydrogen-bond donors (Lipinski definition) is 3. The Kier molecular flexibility index (Phi) is 4.60. The number of hydrogen-bond acceptors (Lipinski definition) is 3. The fourth-order valence-electron chi connectivity index (χ4n) is 1.61. The van der Waals surface area contributed by atoms with Crippen molar-refractivity contribution in [2.24, 2.45) is 11.7 Å². The number of carboxylic acids is 1. The maximum atomic E-state index is 11.6. The van der Waals surface area contributed by atoms with E-state index in [0.717, 1.165) is 11.8 Å². The Morgan fingerprint density at radius 1 is 1.44 bits per heavy atom. The Morgan fingerprint density at radius 3 is 2.44 bits per heavy atom. The number of amidine groups is 1. The van der Waals surface area contributed by atoms with Gasteiger partial charge in [-0.2, -0.15) is 0 Å². The highest BCUT2D eigenvalue weighted by Crippen LogP contribution is 2.17. The van der Waals surface area contributed by atoms with E-state index in [0.29, 0.717) is 25.9 Å². The van der Waals surface area contributed by atoms with Crippen molar-refractivity contribution in [1.29, 1.82) is 0 Å². The molecule has 6 nitrogen and oxygen atoms in total. The van der Waals surface area contributed by atoms with Crippen LogP contribution in [-0.2, 0) is 9.59 Å². The summed E-state index contributed by atoms with van der Waals surface area (Å²) in [7, 11) is 0. The molecule has 1 saturated heterocycles. The number of thioether (sulfide) groups is 1. The molecule has 1 aliphatic heterocycles. The highest BCUT2D eigenvalue weighted by Gasteiger charge is 2.26. The van der Waals surface area contributed by atoms with Crippen LogP contribution >= 0.6 is 11.8 Å². The van der Waals surface area contributed by atoms with Gasteiger partial charge in [0.1, 0.15) is 0 Å². The number of likely N-dealkylation sites (tertiary alicyclic amines) is 1. The van der Waals surface area contributed by atoms with Crippen molar-refractivity contribution in [2.75, 3.05) is 18.8 Å². The van der Waals surface area contributed by atoms with E-state index in [-0.39, 0.29) is 22.7 Å². The summed E-state index contributed by atoms with van der Waals surface area (Å²) in [5, 5.41) is 14.2. The van der Waals surface area contributed by atoms with Crippen LogP contribution in [0.15, 0.2) is 0 Å². The Morgan fingerprint density at radius 2 is 2.00 bits per heavy atom. The quantitative estimate of drug-likeness (QED) is 0.399. The highest BCUT2D eigenvalue weighted by molar-refractivity contribution is 8.14. The lowest BCUT2D eigenvalue weighted by molar-refractivity contribution is -0.145. The molecule has 1 amide bonds. The summed E-state index contributed by atoms with van der Waals surface area (Å²) in [6.07, 6.45) is 1.04. The summed E-state index contributed by atoms with van der Waals surface area (Å²) >= 11 is 1.10. The molecule has 0 aromatic heterocycles. The second kappa shape index (κ2) is 5.74. The zero-order valence-electron chi connectivity index (χ0n) is 8.89. The summed E-state index contributed by atoms with van der Waals surface area (Å²) in [4.78, 5) is 24.0. The van der Waals surface area contributed by atoms with Crippen LogP contribution < -0.4 is 11.1 Å². The van der Waals surface area contributed by atoms with Crippen molar-refractivity contribution >= 4 is 28.8 Å². The lowest BCUT2D eigenvalue weighted by Crippen LogP contribution is -2.45. The molecule has 0 aromatic carbocycles. The fraction of sp³-hybridized carbons (Fsp3) is 0.667. The molecule has 0 bridgehead atoms. The summed E-state index contributed by atoms with van der Waals surface area (Å²) < 4.78 is 0. The van der Waals surface area contributed by atoms with Crippen molar-refractivity contribution < 1.29 is 20.1 Å². The number of rotatable bonds is 3. The second-order valence-electron chi connectivity index (χ2n) is 3.68. The molecule has 1 aliphatic rings. The van der Waals surface area contributed by atoms with Gasteiger partial charge >= 0.3 is 5.97 Å². The number of nitrogens with zero attached hydrogens (tertiary/aromatic N) is 1. The number of nitrogens with two attached hydrogens (primary N) is 2. The predicted octanol–water partition coefficient (Wildman–Crippen LogP) is -1.88. The van der Waals surface area contributed by atoms with Gasteiger partial charge < -0.3 is 10.0 Å². The number of carbonyl (C=O) groups is 2. The summed E-state index contributed by atoms with van der Waals surface area (Å²) in [5.41, 5.74) is 5.24. The lowest BCUT2D eigenvalue weighted by Gasteiger charge is -2.29. The lowest BCUT2D eigenvalue weighted by atomic mass is 9.97. The van der Waals surface area contributed by atoms with E-state index in [4.69, 9.17) is 16.2 Å². The van der Waals surface area contributed by atoms with E-state index in [1.807, 2.05) is 0 Å². The van der Waals surface area contributed by atoms with Crippen molar-refractivity contribution in [2.45, 2.75) is 12.8 Å². The van der Waals surface area contributed by atoms with Gasteiger partial charge in [0.25, 0.3) is 5.17 Å². The van der Waals surface area contributed by atoms with Crippen LogP contribution in [0.3, 0.4) is 0 Å². The van der Waals surface area contributed by atoms with Gasteiger partial charge in [0, 0.05) is 13.1 Å². The molecule has 1 rings (SSSR count). The van der Waals surface area contributed by atoms with E-state index < -0.39 is 5.97 Å². The van der Waals surface area contributed by atoms with Gasteiger partial charge in [-0.05, 0) is 24.6 Å². The number of carboxylic acid groups (broad SMARTS) is 1. The third-order valence-corrected chi connectivity index (χ3v) is 3.28. The van der Waals surface area contributed by atoms with Crippen LogP contribution in [-0.4, -0.2) is 45.9 Å². The molecular weight excluding hydrogens is 230 g/mol. The fourth-order valence-corrected chi connectivity index (χ4v) is 2.08. The molecule has 7 heteroatoms. The summed E-state index contributed by atoms with van der Waals surface area (Å²) in [6, 6.07) is 0. The Balaban J connectivity index is 2.33. The molecule has 0 atom stereocenters. The van der Waals surface area contributed by atoms with Crippen molar-refractivity contribution in [3.05, 3.63) is 0 Å². The molecule has 0 aliphatic carbocycles. The first-order valence-corrected chi connectivity index (χ1v) is 6.00. The minimum absolute atomic E-state index is 0.0396. The predicted molar refractivity (Wildman–Crippen MR) is 60.5 cm³/mol. The molecular formula is C9H16N3O3S+. The van der Waals surface area contributed by atoms with Gasteiger partial charge in [0.2, 0.25) is 5.91 Å². The van der Waals surface area contributed by atoms with Gasteiger partial charge in [0.05, 0.1) is 11.7 Å². The first-order valence-electron chi connectivity index (χ1n) is 5.02. The van der Waals surface area contributed by atoms with Gasteiger partial charge in [0.15, 0.2) is 0 Å². The molecule has 0 radical (unpaired) electrons. The Hall–Kier alpha value is -1.24. The van der Waals surface area contributed by atoms with Crippen LogP contribution in [0, 0.1) is 5.92 Å². The highest BCUT2D eigenvalue weighted by atomic mass is 32.2. The van der Waals surface area contributed by atoms with E-state index >= 15 is 0 Å². The molecule has 0 unspecified atom stereocenters. The van der Waals surface area contributed by atoms with E-state index in [2.05, 4.69) is 0 Å². The Bertz CT molecular complexity index is 300. The molecule has 0 aromatic rings. The number of piperidine rings is 1. The Labute approximate surface area is 97.7 Å². The average Bonchev–Trinajstić information content (AvgIpc) is 2.26. The third kappa shape index (κ3) is 3.73. The molecule has 16 heavy (non-hydrogen) atoms.